The average molecular weight is 423 g/mol. The number of aromatic nitrogens is 2. The van der Waals surface area contributed by atoms with Crippen molar-refractivity contribution in [3.05, 3.63) is 65.5 Å². The van der Waals surface area contributed by atoms with Crippen LogP contribution in [0.5, 0.6) is 0 Å². The van der Waals surface area contributed by atoms with Gasteiger partial charge in [0.2, 0.25) is 17.6 Å². The Bertz CT molecular complexity index is 994. The topological polar surface area (TPSA) is 62.5 Å². The van der Waals surface area contributed by atoms with Crippen molar-refractivity contribution in [1.82, 2.24) is 19.9 Å². The van der Waals surface area contributed by atoms with Crippen LogP contribution in [0.25, 0.3) is 11.4 Å². The van der Waals surface area contributed by atoms with Gasteiger partial charge in [0.15, 0.2) is 0 Å². The molecule has 1 saturated heterocycles. The lowest BCUT2D eigenvalue weighted by atomic mass is 10.1. The molecule has 1 amide bonds. The lowest BCUT2D eigenvalue weighted by Gasteiger charge is -2.33. The van der Waals surface area contributed by atoms with E-state index < -0.39 is 0 Å². The first-order valence-electron chi connectivity index (χ1n) is 10.2. The molecule has 0 atom stereocenters. The molecule has 3 aromatic rings. The van der Waals surface area contributed by atoms with Crippen LogP contribution in [0, 0.1) is 13.8 Å². The minimum Gasteiger partial charge on any atom is -0.339 e. The molecule has 4 rings (SSSR count). The lowest BCUT2D eigenvalue weighted by molar-refractivity contribution is -0.130. The van der Waals surface area contributed by atoms with Crippen molar-refractivity contribution in [3.63, 3.8) is 0 Å². The largest absolute Gasteiger partial charge is 0.339 e. The van der Waals surface area contributed by atoms with E-state index in [4.69, 9.17) is 4.52 Å². The Balaban J connectivity index is 1.25. The Kier molecular flexibility index (Phi) is 6.50. The van der Waals surface area contributed by atoms with Crippen molar-refractivity contribution in [1.29, 1.82) is 0 Å². The summed E-state index contributed by atoms with van der Waals surface area (Å²) >= 11 is 1.62. The molecule has 7 heteroatoms. The van der Waals surface area contributed by atoms with Crippen molar-refractivity contribution < 1.29 is 9.32 Å². The molecule has 2 heterocycles. The molecule has 1 aromatic heterocycles. The molecule has 1 aliphatic rings. The highest BCUT2D eigenvalue weighted by Crippen LogP contribution is 2.22. The zero-order chi connectivity index (χ0) is 20.9. The molecule has 0 unspecified atom stereocenters. The fourth-order valence-electron chi connectivity index (χ4n) is 3.43. The van der Waals surface area contributed by atoms with Gasteiger partial charge < -0.3 is 9.42 Å². The van der Waals surface area contributed by atoms with Crippen LogP contribution in [-0.4, -0.2) is 57.8 Å². The van der Waals surface area contributed by atoms with Crippen LogP contribution in [0.3, 0.4) is 0 Å². The van der Waals surface area contributed by atoms with E-state index in [-0.39, 0.29) is 5.91 Å². The third-order valence-corrected chi connectivity index (χ3v) is 6.47. The summed E-state index contributed by atoms with van der Waals surface area (Å²) in [4.78, 5) is 22.5. The molecule has 0 radical (unpaired) electrons. The number of carbonyl (C=O) groups excluding carboxylic acids is 1. The van der Waals surface area contributed by atoms with Gasteiger partial charge in [0.25, 0.3) is 0 Å². The van der Waals surface area contributed by atoms with Crippen molar-refractivity contribution in [2.45, 2.75) is 25.3 Å². The van der Waals surface area contributed by atoms with E-state index in [1.165, 1.54) is 16.0 Å². The van der Waals surface area contributed by atoms with Gasteiger partial charge in [-0.2, -0.15) is 4.98 Å². The van der Waals surface area contributed by atoms with Gasteiger partial charge in [0, 0.05) is 36.6 Å². The minimum atomic E-state index is 0.197. The quantitative estimate of drug-likeness (QED) is 0.563. The van der Waals surface area contributed by atoms with E-state index >= 15 is 0 Å². The van der Waals surface area contributed by atoms with Crippen molar-refractivity contribution in [2.24, 2.45) is 0 Å². The van der Waals surface area contributed by atoms with Gasteiger partial charge in [-0.25, -0.2) is 0 Å². The van der Waals surface area contributed by atoms with E-state index in [0.717, 1.165) is 31.7 Å². The molecule has 0 bridgehead atoms. The summed E-state index contributed by atoms with van der Waals surface area (Å²) in [5.41, 5.74) is 3.37. The van der Waals surface area contributed by atoms with Gasteiger partial charge in [-0.05, 0) is 25.5 Å². The third kappa shape index (κ3) is 5.09. The SMILES string of the molecule is Cc1ccc(-c2noc(CN3CCN(C(=O)CSc4ccccc4C)CC3)n2)cc1. The van der Waals surface area contributed by atoms with Gasteiger partial charge in [-0.15, -0.1) is 11.8 Å². The fraction of sp³-hybridized carbons (Fsp3) is 0.348. The number of nitrogens with zero attached hydrogens (tertiary/aromatic N) is 4. The van der Waals surface area contributed by atoms with Gasteiger partial charge in [-0.3, -0.25) is 9.69 Å². The van der Waals surface area contributed by atoms with Crippen LogP contribution >= 0.6 is 11.8 Å². The van der Waals surface area contributed by atoms with Gasteiger partial charge >= 0.3 is 0 Å². The van der Waals surface area contributed by atoms with Crippen LogP contribution in [0.1, 0.15) is 17.0 Å². The van der Waals surface area contributed by atoms with Crippen molar-refractivity contribution in [3.8, 4) is 11.4 Å². The molecule has 2 aromatic carbocycles. The van der Waals surface area contributed by atoms with Crippen molar-refractivity contribution in [2.75, 3.05) is 31.9 Å². The lowest BCUT2D eigenvalue weighted by Crippen LogP contribution is -2.48. The number of aryl methyl sites for hydroxylation is 2. The van der Waals surface area contributed by atoms with Crippen LogP contribution in [0.2, 0.25) is 0 Å². The number of thioether (sulfide) groups is 1. The van der Waals surface area contributed by atoms with E-state index in [1.807, 2.05) is 41.3 Å². The monoisotopic (exact) mass is 422 g/mol. The summed E-state index contributed by atoms with van der Waals surface area (Å²) in [7, 11) is 0. The van der Waals surface area contributed by atoms with E-state index in [0.29, 0.717) is 24.0 Å². The normalized spacial score (nSPS) is 14.8. The Morgan fingerprint density at radius 1 is 1.03 bits per heavy atom. The van der Waals surface area contributed by atoms with Gasteiger partial charge in [-0.1, -0.05) is 53.2 Å². The molecule has 6 nitrogen and oxygen atoms in total. The third-order valence-electron chi connectivity index (χ3n) is 5.31. The fourth-order valence-corrected chi connectivity index (χ4v) is 4.37. The maximum Gasteiger partial charge on any atom is 0.241 e. The average Bonchev–Trinajstić information content (AvgIpc) is 3.22. The second-order valence-corrected chi connectivity index (χ2v) is 8.61. The van der Waals surface area contributed by atoms with Gasteiger partial charge in [0.1, 0.15) is 0 Å². The number of piperazine rings is 1. The second-order valence-electron chi connectivity index (χ2n) is 7.59. The molecule has 0 spiro atoms. The van der Waals surface area contributed by atoms with Crippen LogP contribution in [0.15, 0.2) is 57.9 Å². The van der Waals surface area contributed by atoms with Gasteiger partial charge in [0.05, 0.1) is 12.3 Å². The molecule has 156 valence electrons. The molecule has 1 fully saturated rings. The summed E-state index contributed by atoms with van der Waals surface area (Å²) in [5.74, 6) is 1.91. The van der Waals surface area contributed by atoms with Crippen LogP contribution in [0.4, 0.5) is 0 Å². The zero-order valence-corrected chi connectivity index (χ0v) is 18.2. The number of benzene rings is 2. The number of hydrogen-bond donors (Lipinski definition) is 0. The molecule has 0 aliphatic carbocycles. The highest BCUT2D eigenvalue weighted by atomic mass is 32.2. The molecule has 0 N–H and O–H groups in total. The maximum atomic E-state index is 12.6. The van der Waals surface area contributed by atoms with E-state index in [9.17, 15) is 4.79 Å². The summed E-state index contributed by atoms with van der Waals surface area (Å²) in [6.45, 7) is 7.81. The second kappa shape index (κ2) is 9.45. The smallest absolute Gasteiger partial charge is 0.241 e. The van der Waals surface area contributed by atoms with Crippen LogP contribution < -0.4 is 0 Å². The maximum absolute atomic E-state index is 12.6. The minimum absolute atomic E-state index is 0.197. The summed E-state index contributed by atoms with van der Waals surface area (Å²) in [6.07, 6.45) is 0. The van der Waals surface area contributed by atoms with Crippen LogP contribution in [-0.2, 0) is 11.3 Å². The summed E-state index contributed by atoms with van der Waals surface area (Å²) < 4.78 is 5.44. The summed E-state index contributed by atoms with van der Waals surface area (Å²) in [5, 5.41) is 4.10. The number of rotatable bonds is 6. The standard InChI is InChI=1S/C23H26N4O2S/c1-17-7-9-19(10-8-17)23-24-21(29-25-23)15-26-11-13-27(14-12-26)22(28)16-30-20-6-4-3-5-18(20)2/h3-10H,11-16H2,1-2H3. The molecular weight excluding hydrogens is 396 g/mol. The predicted octanol–water partition coefficient (Wildman–Crippen LogP) is 3.79. The Morgan fingerprint density at radius 2 is 1.77 bits per heavy atom. The molecule has 0 saturated carbocycles. The van der Waals surface area contributed by atoms with Crippen molar-refractivity contribution >= 4 is 17.7 Å². The number of amides is 1. The Hall–Kier alpha value is -2.64. The highest BCUT2D eigenvalue weighted by molar-refractivity contribution is 8.00. The Morgan fingerprint density at radius 3 is 2.50 bits per heavy atom. The summed E-state index contributed by atoms with van der Waals surface area (Å²) in [6, 6.07) is 16.3. The molecule has 1 aliphatic heterocycles. The number of hydrogen-bond acceptors (Lipinski definition) is 6. The Labute approximate surface area is 181 Å². The first-order valence-corrected chi connectivity index (χ1v) is 11.2. The highest BCUT2D eigenvalue weighted by Gasteiger charge is 2.22. The van der Waals surface area contributed by atoms with E-state index in [1.54, 1.807) is 11.8 Å². The van der Waals surface area contributed by atoms with E-state index in [2.05, 4.69) is 41.0 Å². The first kappa shape index (κ1) is 20.6. The number of carbonyl (C=O) groups is 1. The zero-order valence-electron chi connectivity index (χ0n) is 17.4. The first-order chi connectivity index (χ1) is 14.6. The molecular formula is C23H26N4O2S. The predicted molar refractivity (Wildman–Crippen MR) is 118 cm³/mol. The molecule has 30 heavy (non-hydrogen) atoms.